The first-order chi connectivity index (χ1) is 11.0. The highest BCUT2D eigenvalue weighted by molar-refractivity contribution is 7.92. The number of aromatic nitrogens is 4. The van der Waals surface area contributed by atoms with Crippen LogP contribution in [0.25, 0.3) is 5.69 Å². The summed E-state index contributed by atoms with van der Waals surface area (Å²) in [6.45, 7) is 2.52. The first kappa shape index (κ1) is 15.9. The molecule has 2 aromatic heterocycles. The molecule has 0 aliphatic heterocycles. The largest absolute Gasteiger partial charge is 0.380 e. The molecule has 0 saturated heterocycles. The van der Waals surface area contributed by atoms with Crippen LogP contribution < -0.4 is 4.72 Å². The number of hydrogen-bond acceptors (Lipinski definition) is 6. The summed E-state index contributed by atoms with van der Waals surface area (Å²) in [7, 11) is -3.54. The zero-order valence-electron chi connectivity index (χ0n) is 12.8. The smallest absolute Gasteiger partial charge is 0.240 e. The van der Waals surface area contributed by atoms with Gasteiger partial charge in [0.25, 0.3) is 0 Å². The molecule has 1 fully saturated rings. The molecule has 2 heterocycles. The fraction of sp³-hybridized carbons (Fsp3) is 0.500. The van der Waals surface area contributed by atoms with E-state index in [1.165, 1.54) is 17.5 Å². The summed E-state index contributed by atoms with van der Waals surface area (Å²) in [5, 5.41) is 4.21. The molecule has 2 aromatic rings. The summed E-state index contributed by atoms with van der Waals surface area (Å²) in [5.74, 6) is 1.14. The molecule has 9 heteroatoms. The van der Waals surface area contributed by atoms with Gasteiger partial charge in [-0.15, -0.1) is 5.10 Å². The second kappa shape index (κ2) is 6.63. The van der Waals surface area contributed by atoms with Crippen LogP contribution in [0.1, 0.15) is 18.7 Å². The molecule has 0 atom stereocenters. The minimum Gasteiger partial charge on any atom is -0.380 e. The summed E-state index contributed by atoms with van der Waals surface area (Å²) in [4.78, 5) is 8.07. The molecule has 1 aliphatic rings. The van der Waals surface area contributed by atoms with E-state index in [1.807, 2.05) is 0 Å². The maximum Gasteiger partial charge on any atom is 0.240 e. The maximum absolute atomic E-state index is 12.2. The van der Waals surface area contributed by atoms with Crippen LogP contribution in [-0.4, -0.2) is 47.1 Å². The van der Waals surface area contributed by atoms with Crippen LogP contribution in [0.4, 0.5) is 5.95 Å². The Labute approximate surface area is 135 Å². The zero-order chi connectivity index (χ0) is 16.3. The van der Waals surface area contributed by atoms with Crippen LogP contribution in [0.2, 0.25) is 0 Å². The van der Waals surface area contributed by atoms with Crippen LogP contribution in [-0.2, 0) is 14.8 Å². The van der Waals surface area contributed by atoms with Crippen molar-refractivity contribution in [1.82, 2.24) is 19.7 Å². The number of sulfonamides is 1. The number of anilines is 1. The van der Waals surface area contributed by atoms with E-state index in [4.69, 9.17) is 4.74 Å². The zero-order valence-corrected chi connectivity index (χ0v) is 13.7. The van der Waals surface area contributed by atoms with Crippen molar-refractivity contribution >= 4 is 16.0 Å². The Bertz CT molecular complexity index is 756. The normalized spacial score (nSPS) is 14.8. The lowest BCUT2D eigenvalue weighted by atomic mass is 10.4. The van der Waals surface area contributed by atoms with Gasteiger partial charge in [0, 0.05) is 19.0 Å². The summed E-state index contributed by atoms with van der Waals surface area (Å²) in [5.41, 5.74) is 0.684. The van der Waals surface area contributed by atoms with Gasteiger partial charge in [-0.2, -0.15) is 9.67 Å². The van der Waals surface area contributed by atoms with E-state index in [0.717, 1.165) is 0 Å². The van der Waals surface area contributed by atoms with Gasteiger partial charge >= 0.3 is 0 Å². The second-order valence-corrected chi connectivity index (χ2v) is 7.38. The molecular formula is C14H19N5O3S. The monoisotopic (exact) mass is 337 g/mol. The average molecular weight is 337 g/mol. The third-order valence-electron chi connectivity index (χ3n) is 3.41. The molecule has 0 unspecified atom stereocenters. The van der Waals surface area contributed by atoms with Gasteiger partial charge in [0.1, 0.15) is 5.82 Å². The highest BCUT2D eigenvalue weighted by Gasteiger charge is 2.22. The molecule has 0 bridgehead atoms. The maximum atomic E-state index is 12.2. The SMILES string of the molecule is Cc1nc(NS(=O)(=O)CCOCC2CC2)n(-c2ccncc2)n1. The van der Waals surface area contributed by atoms with Crippen molar-refractivity contribution in [2.45, 2.75) is 19.8 Å². The van der Waals surface area contributed by atoms with Crippen molar-refractivity contribution < 1.29 is 13.2 Å². The quantitative estimate of drug-likeness (QED) is 0.725. The average Bonchev–Trinajstić information content (AvgIpc) is 3.27. The summed E-state index contributed by atoms with van der Waals surface area (Å²) < 4.78 is 33.6. The molecular weight excluding hydrogens is 318 g/mol. The molecule has 0 spiro atoms. The Balaban J connectivity index is 1.66. The molecule has 1 N–H and O–H groups in total. The summed E-state index contributed by atoms with van der Waals surface area (Å²) >= 11 is 0. The predicted octanol–water partition coefficient (Wildman–Crippen LogP) is 1.14. The molecule has 1 aliphatic carbocycles. The second-order valence-electron chi connectivity index (χ2n) is 5.54. The van der Waals surface area contributed by atoms with Crippen molar-refractivity contribution in [1.29, 1.82) is 0 Å². The number of pyridine rings is 1. The topological polar surface area (TPSA) is 99.0 Å². The molecule has 0 aromatic carbocycles. The van der Waals surface area contributed by atoms with E-state index in [1.54, 1.807) is 31.5 Å². The first-order valence-electron chi connectivity index (χ1n) is 7.46. The number of rotatable bonds is 8. The Hall–Kier alpha value is -2.00. The van der Waals surface area contributed by atoms with Crippen molar-refractivity contribution in [2.24, 2.45) is 5.92 Å². The molecule has 124 valence electrons. The number of hydrogen-bond donors (Lipinski definition) is 1. The van der Waals surface area contributed by atoms with E-state index < -0.39 is 10.0 Å². The van der Waals surface area contributed by atoms with E-state index in [2.05, 4.69) is 19.8 Å². The van der Waals surface area contributed by atoms with Crippen molar-refractivity contribution in [3.05, 3.63) is 30.4 Å². The molecule has 1 saturated carbocycles. The van der Waals surface area contributed by atoms with E-state index in [9.17, 15) is 8.42 Å². The molecule has 0 radical (unpaired) electrons. The van der Waals surface area contributed by atoms with Crippen LogP contribution in [0, 0.1) is 12.8 Å². The number of nitrogens with zero attached hydrogens (tertiary/aromatic N) is 4. The predicted molar refractivity (Wildman–Crippen MR) is 84.8 cm³/mol. The van der Waals surface area contributed by atoms with Crippen LogP contribution >= 0.6 is 0 Å². The minimum absolute atomic E-state index is 0.109. The van der Waals surface area contributed by atoms with Crippen LogP contribution in [0.15, 0.2) is 24.5 Å². The first-order valence-corrected chi connectivity index (χ1v) is 9.11. The van der Waals surface area contributed by atoms with Crippen LogP contribution in [0.5, 0.6) is 0 Å². The van der Waals surface area contributed by atoms with E-state index in [0.29, 0.717) is 24.0 Å². The van der Waals surface area contributed by atoms with Crippen molar-refractivity contribution in [3.8, 4) is 5.69 Å². The lowest BCUT2D eigenvalue weighted by Gasteiger charge is -2.09. The van der Waals surface area contributed by atoms with Gasteiger partial charge in [-0.05, 0) is 37.8 Å². The van der Waals surface area contributed by atoms with Gasteiger partial charge in [0.2, 0.25) is 16.0 Å². The van der Waals surface area contributed by atoms with Gasteiger partial charge in [0.05, 0.1) is 18.0 Å². The number of nitrogens with one attached hydrogen (secondary N) is 1. The van der Waals surface area contributed by atoms with Gasteiger partial charge in [-0.25, -0.2) is 8.42 Å². The molecule has 8 nitrogen and oxygen atoms in total. The summed E-state index contributed by atoms with van der Waals surface area (Å²) in [6, 6.07) is 3.45. The van der Waals surface area contributed by atoms with Gasteiger partial charge in [-0.3, -0.25) is 9.71 Å². The Kier molecular flexibility index (Phi) is 4.58. The molecule has 3 rings (SSSR count). The number of aryl methyl sites for hydroxylation is 1. The minimum atomic E-state index is -3.54. The van der Waals surface area contributed by atoms with Crippen molar-refractivity contribution in [2.75, 3.05) is 23.7 Å². The van der Waals surface area contributed by atoms with Gasteiger partial charge < -0.3 is 4.74 Å². The molecule has 23 heavy (non-hydrogen) atoms. The summed E-state index contributed by atoms with van der Waals surface area (Å²) in [6.07, 6.45) is 5.57. The van der Waals surface area contributed by atoms with E-state index in [-0.39, 0.29) is 18.3 Å². The Morgan fingerprint density at radius 3 is 2.78 bits per heavy atom. The Morgan fingerprint density at radius 1 is 1.35 bits per heavy atom. The number of ether oxygens (including phenoxy) is 1. The fourth-order valence-electron chi connectivity index (χ4n) is 2.04. The van der Waals surface area contributed by atoms with Gasteiger partial charge in [-0.1, -0.05) is 0 Å². The van der Waals surface area contributed by atoms with Crippen LogP contribution in [0.3, 0.4) is 0 Å². The highest BCUT2D eigenvalue weighted by Crippen LogP contribution is 2.28. The third kappa shape index (κ3) is 4.49. The highest BCUT2D eigenvalue weighted by atomic mass is 32.2. The van der Waals surface area contributed by atoms with Crippen molar-refractivity contribution in [3.63, 3.8) is 0 Å². The third-order valence-corrected chi connectivity index (χ3v) is 4.61. The lowest BCUT2D eigenvalue weighted by molar-refractivity contribution is 0.138. The lowest BCUT2D eigenvalue weighted by Crippen LogP contribution is -2.22. The van der Waals surface area contributed by atoms with E-state index >= 15 is 0 Å². The standard InChI is InChI=1S/C14H19N5O3S/c1-11-16-14(19(17-11)13-4-6-15-7-5-13)18-23(20,21)9-8-22-10-12-2-3-12/h4-7,12H,2-3,8-10H2,1H3,(H,16,17,18). The Morgan fingerprint density at radius 2 is 2.09 bits per heavy atom. The molecule has 0 amide bonds. The fourth-order valence-corrected chi connectivity index (χ4v) is 2.89. The van der Waals surface area contributed by atoms with Gasteiger partial charge in [0.15, 0.2) is 0 Å².